The smallest absolute Gasteiger partial charge is 0.252 e. The minimum Gasteiger partial charge on any atom is -0.422 e. The Hall–Kier alpha value is -2.32. The summed E-state index contributed by atoms with van der Waals surface area (Å²) in [7, 11) is 0. The molecule has 1 heterocycles. The molecule has 1 aliphatic carbocycles. The van der Waals surface area contributed by atoms with Crippen LogP contribution in [0.1, 0.15) is 74.9 Å². The van der Waals surface area contributed by atoms with Gasteiger partial charge in [-0.25, -0.2) is 10.4 Å². The zero-order valence-corrected chi connectivity index (χ0v) is 16.4. The minimum absolute atomic E-state index is 0.256. The van der Waals surface area contributed by atoms with E-state index in [9.17, 15) is 5.26 Å². The van der Waals surface area contributed by atoms with Gasteiger partial charge in [-0.1, -0.05) is 49.9 Å². The fraction of sp³-hybridized carbons (Fsp3) is 0.476. The summed E-state index contributed by atoms with van der Waals surface area (Å²) < 4.78 is 5.84. The Balaban J connectivity index is 1.60. The maximum absolute atomic E-state index is 9.34. The molecule has 0 unspecified atom stereocenters. The second-order valence-electron chi connectivity index (χ2n) is 7.12. The Bertz CT molecular complexity index is 799. The van der Waals surface area contributed by atoms with Crippen LogP contribution in [0.5, 0.6) is 0 Å². The number of nitrogens with zero attached hydrogens (tertiary/aromatic N) is 3. The van der Waals surface area contributed by atoms with Crippen LogP contribution < -0.4 is 5.43 Å². The normalized spacial score (nSPS) is 19.9. The number of hydrogen-bond acceptors (Lipinski definition) is 5. The third kappa shape index (κ3) is 5.33. The molecule has 27 heavy (non-hydrogen) atoms. The molecule has 6 heteroatoms. The lowest BCUT2D eigenvalue weighted by Crippen LogP contribution is -2.13. The summed E-state index contributed by atoms with van der Waals surface area (Å²) in [5.41, 5.74) is 3.96. The van der Waals surface area contributed by atoms with Crippen molar-refractivity contribution < 1.29 is 4.42 Å². The molecule has 0 atom stereocenters. The molecule has 1 aromatic carbocycles. The first-order valence-electron chi connectivity index (χ1n) is 9.65. The van der Waals surface area contributed by atoms with Gasteiger partial charge in [-0.15, -0.1) is 0 Å². The van der Waals surface area contributed by atoms with Crippen LogP contribution in [0.25, 0.3) is 0 Å². The van der Waals surface area contributed by atoms with Gasteiger partial charge in [0.2, 0.25) is 11.6 Å². The van der Waals surface area contributed by atoms with Gasteiger partial charge in [-0.3, -0.25) is 0 Å². The summed E-state index contributed by atoms with van der Waals surface area (Å²) in [6.45, 7) is 2.24. The predicted octanol–water partition coefficient (Wildman–Crippen LogP) is 6.11. The highest BCUT2D eigenvalue weighted by Gasteiger charge is 2.27. The lowest BCUT2D eigenvalue weighted by Gasteiger charge is -2.26. The van der Waals surface area contributed by atoms with Gasteiger partial charge >= 0.3 is 0 Å². The quantitative estimate of drug-likeness (QED) is 0.461. The van der Waals surface area contributed by atoms with Crippen molar-refractivity contribution in [2.45, 2.75) is 57.8 Å². The number of hydrazone groups is 1. The van der Waals surface area contributed by atoms with Crippen molar-refractivity contribution in [2.24, 2.45) is 11.0 Å². The molecule has 142 valence electrons. The Morgan fingerprint density at radius 1 is 1.30 bits per heavy atom. The highest BCUT2D eigenvalue weighted by Crippen LogP contribution is 2.38. The summed E-state index contributed by atoms with van der Waals surface area (Å²) in [5, 5.41) is 14.2. The Morgan fingerprint density at radius 2 is 2.04 bits per heavy atom. The molecule has 0 amide bonds. The molecule has 1 aliphatic rings. The van der Waals surface area contributed by atoms with Gasteiger partial charge in [0.25, 0.3) is 5.88 Å². The van der Waals surface area contributed by atoms with Crippen LogP contribution in [0.15, 0.2) is 33.8 Å². The average molecular weight is 385 g/mol. The highest BCUT2D eigenvalue weighted by atomic mass is 35.5. The van der Waals surface area contributed by atoms with E-state index in [-0.39, 0.29) is 5.69 Å². The summed E-state index contributed by atoms with van der Waals surface area (Å²) >= 11 is 5.87. The predicted molar refractivity (Wildman–Crippen MR) is 108 cm³/mol. The SMILES string of the molecule is CCCCC1CCC(c2nc(C#N)c(N/N=C\c3ccc(Cl)cc3)o2)CC1. The highest BCUT2D eigenvalue weighted by molar-refractivity contribution is 6.30. The molecule has 0 bridgehead atoms. The molecule has 0 aliphatic heterocycles. The second kappa shape index (κ2) is 9.57. The van der Waals surface area contributed by atoms with E-state index < -0.39 is 0 Å². The van der Waals surface area contributed by atoms with Crippen molar-refractivity contribution in [1.82, 2.24) is 4.98 Å². The van der Waals surface area contributed by atoms with Crippen molar-refractivity contribution in [2.75, 3.05) is 5.43 Å². The second-order valence-corrected chi connectivity index (χ2v) is 7.56. The summed E-state index contributed by atoms with van der Waals surface area (Å²) in [6.07, 6.45) is 10.1. The first-order valence-corrected chi connectivity index (χ1v) is 10.0. The number of rotatable bonds is 7. The van der Waals surface area contributed by atoms with Crippen molar-refractivity contribution >= 4 is 23.7 Å². The molecule has 2 aromatic rings. The molecule has 5 nitrogen and oxygen atoms in total. The minimum atomic E-state index is 0.256. The number of nitrogens with one attached hydrogen (secondary N) is 1. The largest absolute Gasteiger partial charge is 0.422 e. The van der Waals surface area contributed by atoms with E-state index in [1.165, 1.54) is 32.1 Å². The molecule has 1 N–H and O–H groups in total. The van der Waals surface area contributed by atoms with Crippen molar-refractivity contribution in [3.05, 3.63) is 46.4 Å². The number of oxazole rings is 1. The van der Waals surface area contributed by atoms with Gasteiger partial charge in [0.05, 0.1) is 6.21 Å². The maximum atomic E-state index is 9.34. The lowest BCUT2D eigenvalue weighted by molar-refractivity contribution is 0.278. The fourth-order valence-electron chi connectivity index (χ4n) is 3.57. The van der Waals surface area contributed by atoms with Gasteiger partial charge in [0, 0.05) is 10.9 Å². The van der Waals surface area contributed by atoms with E-state index in [1.54, 1.807) is 18.3 Å². The van der Waals surface area contributed by atoms with Crippen LogP contribution in [-0.4, -0.2) is 11.2 Å². The monoisotopic (exact) mass is 384 g/mol. The van der Waals surface area contributed by atoms with Crippen LogP contribution in [0.3, 0.4) is 0 Å². The van der Waals surface area contributed by atoms with Gasteiger partial charge < -0.3 is 4.42 Å². The van der Waals surface area contributed by atoms with Crippen molar-refractivity contribution in [3.8, 4) is 6.07 Å². The van der Waals surface area contributed by atoms with Gasteiger partial charge in [0.15, 0.2) is 0 Å². The third-order valence-electron chi connectivity index (χ3n) is 5.16. The molecule has 0 radical (unpaired) electrons. The van der Waals surface area contributed by atoms with Crippen LogP contribution in [0.4, 0.5) is 5.88 Å². The number of unbranched alkanes of at least 4 members (excludes halogenated alkanes) is 1. The molecule has 0 spiro atoms. The van der Waals surface area contributed by atoms with Crippen LogP contribution in [0.2, 0.25) is 5.02 Å². The van der Waals surface area contributed by atoms with Crippen molar-refractivity contribution in [3.63, 3.8) is 0 Å². The Labute approximate surface area is 165 Å². The zero-order chi connectivity index (χ0) is 19.1. The standard InChI is InChI=1S/C21H25ClN4O/c1-2-3-4-15-5-9-17(10-6-15)20-25-19(13-23)21(27-20)26-24-14-16-7-11-18(22)12-8-16/h7-8,11-12,14-15,17,26H,2-6,9-10H2,1H3/b24-14-. The number of hydrogen-bond donors (Lipinski definition) is 1. The van der Waals surface area contributed by atoms with Gasteiger partial charge in [-0.05, 0) is 49.3 Å². The number of anilines is 1. The van der Waals surface area contributed by atoms with Gasteiger partial charge in [-0.2, -0.15) is 10.4 Å². The van der Waals surface area contributed by atoms with Crippen molar-refractivity contribution in [1.29, 1.82) is 5.26 Å². The molecule has 1 aromatic heterocycles. The van der Waals surface area contributed by atoms with Crippen LogP contribution in [0, 0.1) is 17.2 Å². The number of benzene rings is 1. The average Bonchev–Trinajstić information content (AvgIpc) is 3.11. The lowest BCUT2D eigenvalue weighted by atomic mass is 9.80. The molecule has 1 saturated carbocycles. The Morgan fingerprint density at radius 3 is 2.70 bits per heavy atom. The van der Waals surface area contributed by atoms with E-state index in [2.05, 4.69) is 28.5 Å². The fourth-order valence-corrected chi connectivity index (χ4v) is 3.69. The first kappa shape index (κ1) is 19.4. The van der Waals surface area contributed by atoms with E-state index in [4.69, 9.17) is 16.0 Å². The Kier molecular flexibility index (Phi) is 6.89. The zero-order valence-electron chi connectivity index (χ0n) is 15.6. The molecule has 1 fully saturated rings. The van der Waals surface area contributed by atoms with E-state index in [1.807, 2.05) is 12.1 Å². The van der Waals surface area contributed by atoms with Gasteiger partial charge in [0.1, 0.15) is 6.07 Å². The topological polar surface area (TPSA) is 74.2 Å². The first-order chi connectivity index (χ1) is 13.2. The third-order valence-corrected chi connectivity index (χ3v) is 5.41. The molecule has 3 rings (SSSR count). The summed E-state index contributed by atoms with van der Waals surface area (Å²) in [5.74, 6) is 2.09. The molecular formula is C21H25ClN4O. The van der Waals surface area contributed by atoms with E-state index in [0.717, 1.165) is 24.3 Å². The molecular weight excluding hydrogens is 360 g/mol. The maximum Gasteiger partial charge on any atom is 0.252 e. The van der Waals surface area contributed by atoms with Crippen LogP contribution in [-0.2, 0) is 0 Å². The van der Waals surface area contributed by atoms with E-state index in [0.29, 0.717) is 22.7 Å². The van der Waals surface area contributed by atoms with E-state index >= 15 is 0 Å². The number of nitriles is 1. The number of aromatic nitrogens is 1. The number of halogens is 1. The summed E-state index contributed by atoms with van der Waals surface area (Å²) in [6, 6.07) is 9.41. The molecule has 0 saturated heterocycles. The summed E-state index contributed by atoms with van der Waals surface area (Å²) in [4.78, 5) is 4.40. The van der Waals surface area contributed by atoms with Crippen LogP contribution >= 0.6 is 11.6 Å².